The van der Waals surface area contributed by atoms with Gasteiger partial charge in [0, 0.05) is 31.6 Å². The smallest absolute Gasteiger partial charge is 0.276 e. The van der Waals surface area contributed by atoms with Gasteiger partial charge >= 0.3 is 0 Å². The molecule has 6 heteroatoms. The monoisotopic (exact) mass is 313 g/mol. The molecule has 1 aliphatic rings. The second-order valence-electron chi connectivity index (χ2n) is 5.66. The lowest BCUT2D eigenvalue weighted by Gasteiger charge is -2.31. The molecule has 1 aromatic carbocycles. The minimum atomic E-state index is -0.126. The fourth-order valence-corrected chi connectivity index (χ4v) is 2.86. The number of rotatable bonds is 3. The molecule has 6 nitrogen and oxygen atoms in total. The standard InChI is InChI=1S/C17H19N3O3/c1-12(21)19-14-7-9-20(10-8-14)17(22)15-16(23-11-18-15)13-5-3-2-4-6-13/h2-6,11,14H,7-10H2,1H3,(H,19,21). The van der Waals surface area contributed by atoms with Gasteiger partial charge in [0.1, 0.15) is 0 Å². The molecule has 0 aliphatic carbocycles. The van der Waals surface area contributed by atoms with Crippen LogP contribution in [0, 0.1) is 0 Å². The third kappa shape index (κ3) is 3.41. The highest BCUT2D eigenvalue weighted by molar-refractivity contribution is 5.97. The van der Waals surface area contributed by atoms with E-state index in [1.807, 2.05) is 30.3 Å². The van der Waals surface area contributed by atoms with Gasteiger partial charge in [-0.3, -0.25) is 9.59 Å². The second-order valence-corrected chi connectivity index (χ2v) is 5.66. The minimum Gasteiger partial charge on any atom is -0.443 e. The summed E-state index contributed by atoms with van der Waals surface area (Å²) in [6, 6.07) is 9.62. The van der Waals surface area contributed by atoms with E-state index in [0.29, 0.717) is 24.5 Å². The van der Waals surface area contributed by atoms with Crippen LogP contribution in [0.1, 0.15) is 30.3 Å². The summed E-state index contributed by atoms with van der Waals surface area (Å²) in [6.07, 6.45) is 2.81. The van der Waals surface area contributed by atoms with Crippen molar-refractivity contribution in [3.05, 3.63) is 42.4 Å². The summed E-state index contributed by atoms with van der Waals surface area (Å²) in [5.74, 6) is 0.344. The van der Waals surface area contributed by atoms with Crippen LogP contribution >= 0.6 is 0 Å². The van der Waals surface area contributed by atoms with Gasteiger partial charge in [0.25, 0.3) is 5.91 Å². The Balaban J connectivity index is 1.71. The zero-order valence-electron chi connectivity index (χ0n) is 13.0. The molecule has 1 fully saturated rings. The van der Waals surface area contributed by atoms with Crippen molar-refractivity contribution in [3.8, 4) is 11.3 Å². The molecule has 2 heterocycles. The Morgan fingerprint density at radius 3 is 2.57 bits per heavy atom. The van der Waals surface area contributed by atoms with Crippen molar-refractivity contribution in [2.45, 2.75) is 25.8 Å². The van der Waals surface area contributed by atoms with Crippen LogP contribution in [0.2, 0.25) is 0 Å². The predicted molar refractivity (Wildman–Crippen MR) is 84.7 cm³/mol. The van der Waals surface area contributed by atoms with Crippen molar-refractivity contribution in [1.29, 1.82) is 0 Å². The number of benzene rings is 1. The Bertz CT molecular complexity index is 688. The Morgan fingerprint density at radius 1 is 1.22 bits per heavy atom. The molecule has 2 aromatic rings. The van der Waals surface area contributed by atoms with E-state index < -0.39 is 0 Å². The van der Waals surface area contributed by atoms with E-state index in [1.165, 1.54) is 13.3 Å². The van der Waals surface area contributed by atoms with Gasteiger partial charge in [-0.2, -0.15) is 0 Å². The lowest BCUT2D eigenvalue weighted by atomic mass is 10.0. The lowest BCUT2D eigenvalue weighted by molar-refractivity contribution is -0.119. The zero-order chi connectivity index (χ0) is 16.2. The van der Waals surface area contributed by atoms with E-state index >= 15 is 0 Å². The van der Waals surface area contributed by atoms with E-state index in [2.05, 4.69) is 10.3 Å². The maximum atomic E-state index is 12.7. The molecular formula is C17H19N3O3. The maximum absolute atomic E-state index is 12.7. The molecule has 0 saturated carbocycles. The molecule has 0 radical (unpaired) electrons. The number of hydrogen-bond acceptors (Lipinski definition) is 4. The highest BCUT2D eigenvalue weighted by Crippen LogP contribution is 2.24. The summed E-state index contributed by atoms with van der Waals surface area (Å²) >= 11 is 0. The molecule has 1 aliphatic heterocycles. The third-order valence-electron chi connectivity index (χ3n) is 4.00. The Hall–Kier alpha value is -2.63. The van der Waals surface area contributed by atoms with E-state index in [-0.39, 0.29) is 17.9 Å². The molecule has 1 aromatic heterocycles. The Kier molecular flexibility index (Phi) is 4.41. The summed E-state index contributed by atoms with van der Waals surface area (Å²) in [5, 5.41) is 2.90. The molecular weight excluding hydrogens is 294 g/mol. The number of oxazole rings is 1. The quantitative estimate of drug-likeness (QED) is 0.941. The van der Waals surface area contributed by atoms with Gasteiger partial charge < -0.3 is 14.6 Å². The molecule has 0 bridgehead atoms. The van der Waals surface area contributed by atoms with Crippen LogP contribution in [0.5, 0.6) is 0 Å². The average Bonchev–Trinajstić information content (AvgIpc) is 3.05. The molecule has 0 unspecified atom stereocenters. The van der Waals surface area contributed by atoms with Crippen LogP contribution in [-0.4, -0.2) is 40.8 Å². The number of likely N-dealkylation sites (tertiary alicyclic amines) is 1. The van der Waals surface area contributed by atoms with Crippen molar-refractivity contribution in [2.24, 2.45) is 0 Å². The molecule has 2 amide bonds. The van der Waals surface area contributed by atoms with Crippen LogP contribution in [0.15, 0.2) is 41.1 Å². The van der Waals surface area contributed by atoms with Gasteiger partial charge in [-0.15, -0.1) is 0 Å². The first-order valence-electron chi connectivity index (χ1n) is 7.70. The number of hydrogen-bond donors (Lipinski definition) is 1. The Morgan fingerprint density at radius 2 is 1.91 bits per heavy atom. The molecule has 1 saturated heterocycles. The number of amides is 2. The highest BCUT2D eigenvalue weighted by Gasteiger charge is 2.27. The average molecular weight is 313 g/mol. The van der Waals surface area contributed by atoms with Gasteiger partial charge in [0.15, 0.2) is 17.8 Å². The molecule has 0 atom stereocenters. The van der Waals surface area contributed by atoms with Crippen molar-refractivity contribution < 1.29 is 14.0 Å². The van der Waals surface area contributed by atoms with Gasteiger partial charge in [-0.05, 0) is 12.8 Å². The molecule has 1 N–H and O–H groups in total. The SMILES string of the molecule is CC(=O)NC1CCN(C(=O)c2ncoc2-c2ccccc2)CC1. The first-order valence-corrected chi connectivity index (χ1v) is 7.70. The molecule has 23 heavy (non-hydrogen) atoms. The first kappa shape index (κ1) is 15.3. The third-order valence-corrected chi connectivity index (χ3v) is 4.00. The number of carbonyl (C=O) groups excluding carboxylic acids is 2. The summed E-state index contributed by atoms with van der Waals surface area (Å²) in [4.78, 5) is 29.7. The molecule has 3 rings (SSSR count). The number of aromatic nitrogens is 1. The van der Waals surface area contributed by atoms with Crippen LogP contribution in [-0.2, 0) is 4.79 Å². The predicted octanol–water partition coefficient (Wildman–Crippen LogP) is 2.08. The van der Waals surface area contributed by atoms with E-state index in [1.54, 1.807) is 4.90 Å². The summed E-state index contributed by atoms with van der Waals surface area (Å²) in [7, 11) is 0. The van der Waals surface area contributed by atoms with Gasteiger partial charge in [-0.25, -0.2) is 4.98 Å². The minimum absolute atomic E-state index is 0.0300. The van der Waals surface area contributed by atoms with E-state index in [4.69, 9.17) is 4.42 Å². The van der Waals surface area contributed by atoms with Crippen molar-refractivity contribution >= 4 is 11.8 Å². The number of carbonyl (C=O) groups is 2. The van der Waals surface area contributed by atoms with Crippen molar-refractivity contribution in [3.63, 3.8) is 0 Å². The van der Waals surface area contributed by atoms with Crippen LogP contribution in [0.3, 0.4) is 0 Å². The number of nitrogens with zero attached hydrogens (tertiary/aromatic N) is 2. The van der Waals surface area contributed by atoms with Crippen LogP contribution in [0.25, 0.3) is 11.3 Å². The van der Waals surface area contributed by atoms with E-state index in [0.717, 1.165) is 18.4 Å². The summed E-state index contributed by atoms with van der Waals surface area (Å²) in [5.41, 5.74) is 1.18. The lowest BCUT2D eigenvalue weighted by Crippen LogP contribution is -2.46. The normalized spacial score (nSPS) is 15.4. The van der Waals surface area contributed by atoms with Crippen LogP contribution in [0.4, 0.5) is 0 Å². The van der Waals surface area contributed by atoms with Crippen molar-refractivity contribution in [2.75, 3.05) is 13.1 Å². The Labute approximate surface area is 134 Å². The number of piperidine rings is 1. The topological polar surface area (TPSA) is 75.4 Å². The molecule has 0 spiro atoms. The van der Waals surface area contributed by atoms with Gasteiger partial charge in [-0.1, -0.05) is 30.3 Å². The highest BCUT2D eigenvalue weighted by atomic mass is 16.3. The summed E-state index contributed by atoms with van der Waals surface area (Å²) in [6.45, 7) is 2.72. The molecule has 120 valence electrons. The fourth-order valence-electron chi connectivity index (χ4n) is 2.86. The largest absolute Gasteiger partial charge is 0.443 e. The second kappa shape index (κ2) is 6.64. The maximum Gasteiger partial charge on any atom is 0.276 e. The van der Waals surface area contributed by atoms with Gasteiger partial charge in [0.2, 0.25) is 5.91 Å². The fraction of sp³-hybridized carbons (Fsp3) is 0.353. The van der Waals surface area contributed by atoms with Gasteiger partial charge in [0.05, 0.1) is 0 Å². The number of nitrogens with one attached hydrogen (secondary N) is 1. The first-order chi connectivity index (χ1) is 11.1. The van der Waals surface area contributed by atoms with Crippen molar-refractivity contribution in [1.82, 2.24) is 15.2 Å². The summed E-state index contributed by atoms with van der Waals surface area (Å²) < 4.78 is 5.42. The zero-order valence-corrected chi connectivity index (χ0v) is 13.0. The van der Waals surface area contributed by atoms with E-state index in [9.17, 15) is 9.59 Å². The van der Waals surface area contributed by atoms with Crippen LogP contribution < -0.4 is 5.32 Å².